The zero-order valence-electron chi connectivity index (χ0n) is 13.1. The monoisotopic (exact) mass is 326 g/mol. The average molecular weight is 326 g/mol. The van der Waals surface area contributed by atoms with Crippen molar-refractivity contribution in [2.45, 2.75) is 38.6 Å². The molecule has 0 saturated heterocycles. The van der Waals surface area contributed by atoms with E-state index in [2.05, 4.69) is 22.3 Å². The minimum absolute atomic E-state index is 0.0368. The van der Waals surface area contributed by atoms with Crippen LogP contribution in [0.25, 0.3) is 0 Å². The summed E-state index contributed by atoms with van der Waals surface area (Å²) in [5, 5.41) is 5.08. The summed E-state index contributed by atoms with van der Waals surface area (Å²) >= 11 is 0. The number of amides is 2. The van der Waals surface area contributed by atoms with E-state index >= 15 is 0 Å². The van der Waals surface area contributed by atoms with Gasteiger partial charge < -0.3 is 15.4 Å². The summed E-state index contributed by atoms with van der Waals surface area (Å²) in [6.45, 7) is 2.17. The molecule has 1 aromatic rings. The van der Waals surface area contributed by atoms with E-state index < -0.39 is 29.2 Å². The van der Waals surface area contributed by atoms with Gasteiger partial charge in [-0.15, -0.1) is 0 Å². The summed E-state index contributed by atoms with van der Waals surface area (Å²) in [4.78, 5) is 23.4. The van der Waals surface area contributed by atoms with Crippen LogP contribution in [0.3, 0.4) is 0 Å². The predicted molar refractivity (Wildman–Crippen MR) is 81.3 cm³/mol. The average Bonchev–Trinajstić information content (AvgIpc) is 2.51. The molecule has 1 aliphatic carbocycles. The van der Waals surface area contributed by atoms with E-state index in [0.29, 0.717) is 12.0 Å². The Kier molecular flexibility index (Phi) is 5.52. The van der Waals surface area contributed by atoms with Crippen molar-refractivity contribution in [1.82, 2.24) is 5.32 Å². The number of carbonyl (C=O) groups is 2. The number of carbonyl (C=O) groups excluding carboxylic acids is 2. The normalized spacial score (nSPS) is 20.7. The number of anilines is 1. The molecule has 1 aromatic carbocycles. The van der Waals surface area contributed by atoms with Crippen LogP contribution >= 0.6 is 0 Å². The zero-order valence-corrected chi connectivity index (χ0v) is 13.1. The molecule has 1 fully saturated rings. The number of hydrogen-bond acceptors (Lipinski definition) is 3. The molecule has 23 heavy (non-hydrogen) atoms. The first-order valence-corrected chi connectivity index (χ1v) is 7.55. The number of urea groups is 1. The van der Waals surface area contributed by atoms with E-state index in [-0.39, 0.29) is 11.7 Å². The van der Waals surface area contributed by atoms with Crippen LogP contribution in [0.5, 0.6) is 0 Å². The lowest BCUT2D eigenvalue weighted by Gasteiger charge is -2.27. The molecule has 2 amide bonds. The van der Waals surface area contributed by atoms with E-state index in [9.17, 15) is 18.4 Å². The molecule has 0 heterocycles. The maximum absolute atomic E-state index is 13.8. The van der Waals surface area contributed by atoms with Gasteiger partial charge in [0.05, 0.1) is 18.4 Å². The van der Waals surface area contributed by atoms with Gasteiger partial charge in [-0.25, -0.2) is 18.4 Å². The fourth-order valence-electron chi connectivity index (χ4n) is 2.66. The minimum Gasteiger partial charge on any atom is -0.465 e. The molecular weight excluding hydrogens is 306 g/mol. The van der Waals surface area contributed by atoms with Crippen molar-refractivity contribution in [2.24, 2.45) is 5.92 Å². The SMILES string of the molecule is COC(=O)c1cc(NC(=O)NC2CCC(C)CC2)c(F)cc1F. The quantitative estimate of drug-likeness (QED) is 0.836. The van der Waals surface area contributed by atoms with Gasteiger partial charge in [0.15, 0.2) is 0 Å². The molecule has 0 bridgehead atoms. The molecule has 0 atom stereocenters. The Morgan fingerprint density at radius 2 is 1.78 bits per heavy atom. The maximum Gasteiger partial charge on any atom is 0.340 e. The van der Waals surface area contributed by atoms with Gasteiger partial charge in [0.1, 0.15) is 11.6 Å². The number of benzene rings is 1. The second-order valence-corrected chi connectivity index (χ2v) is 5.86. The Morgan fingerprint density at radius 3 is 2.39 bits per heavy atom. The van der Waals surface area contributed by atoms with Crippen molar-refractivity contribution in [1.29, 1.82) is 0 Å². The van der Waals surface area contributed by atoms with Crippen LogP contribution in [0, 0.1) is 17.6 Å². The molecule has 2 N–H and O–H groups in total. The van der Waals surface area contributed by atoms with E-state index in [1.54, 1.807) is 0 Å². The van der Waals surface area contributed by atoms with E-state index in [4.69, 9.17) is 0 Å². The molecule has 0 radical (unpaired) electrons. The number of rotatable bonds is 3. The molecule has 0 spiro atoms. The first kappa shape index (κ1) is 17.2. The van der Waals surface area contributed by atoms with Crippen molar-refractivity contribution >= 4 is 17.7 Å². The fourth-order valence-corrected chi connectivity index (χ4v) is 2.66. The van der Waals surface area contributed by atoms with E-state index in [0.717, 1.165) is 38.9 Å². The standard InChI is InChI=1S/C16H20F2N2O3/c1-9-3-5-10(6-4-9)19-16(22)20-14-7-11(15(21)23-2)12(17)8-13(14)18/h7-10H,3-6H2,1-2H3,(H2,19,20,22). The number of nitrogens with one attached hydrogen (secondary N) is 2. The van der Waals surface area contributed by atoms with Crippen LogP contribution in [0.1, 0.15) is 43.0 Å². The third kappa shape index (κ3) is 4.40. The Morgan fingerprint density at radius 1 is 1.13 bits per heavy atom. The van der Waals surface area contributed by atoms with Crippen molar-refractivity contribution in [2.75, 3.05) is 12.4 Å². The number of methoxy groups -OCH3 is 1. The highest BCUT2D eigenvalue weighted by molar-refractivity contribution is 5.94. The molecular formula is C16H20F2N2O3. The van der Waals surface area contributed by atoms with Crippen LogP contribution in [0.2, 0.25) is 0 Å². The second kappa shape index (κ2) is 7.39. The smallest absolute Gasteiger partial charge is 0.340 e. The van der Waals surface area contributed by atoms with Gasteiger partial charge in [-0.05, 0) is 37.7 Å². The lowest BCUT2D eigenvalue weighted by molar-refractivity contribution is 0.0595. The zero-order chi connectivity index (χ0) is 17.0. The van der Waals surface area contributed by atoms with Crippen molar-refractivity contribution < 1.29 is 23.1 Å². The van der Waals surface area contributed by atoms with Gasteiger partial charge in [0, 0.05) is 12.1 Å². The van der Waals surface area contributed by atoms with Crippen LogP contribution in [0.4, 0.5) is 19.3 Å². The third-order valence-corrected chi connectivity index (χ3v) is 4.06. The summed E-state index contributed by atoms with van der Waals surface area (Å²) in [7, 11) is 1.09. The number of hydrogen-bond donors (Lipinski definition) is 2. The maximum atomic E-state index is 13.8. The molecule has 1 saturated carbocycles. The number of esters is 1. The van der Waals surface area contributed by atoms with Gasteiger partial charge in [0.2, 0.25) is 0 Å². The van der Waals surface area contributed by atoms with Gasteiger partial charge in [-0.2, -0.15) is 0 Å². The van der Waals surface area contributed by atoms with Gasteiger partial charge in [0.25, 0.3) is 0 Å². The summed E-state index contributed by atoms with van der Waals surface area (Å²) in [6.07, 6.45) is 3.80. The Labute approximate surface area is 133 Å². The largest absolute Gasteiger partial charge is 0.465 e. The number of ether oxygens (including phenoxy) is 1. The molecule has 0 aromatic heterocycles. The highest BCUT2D eigenvalue weighted by atomic mass is 19.1. The van der Waals surface area contributed by atoms with Gasteiger partial charge >= 0.3 is 12.0 Å². The van der Waals surface area contributed by atoms with E-state index in [1.807, 2.05) is 0 Å². The molecule has 7 heteroatoms. The molecule has 2 rings (SSSR count). The Hall–Kier alpha value is -2.18. The predicted octanol–water partition coefficient (Wildman–Crippen LogP) is 3.45. The molecule has 0 aliphatic heterocycles. The Balaban J connectivity index is 2.04. The summed E-state index contributed by atoms with van der Waals surface area (Å²) in [5.41, 5.74) is -0.704. The van der Waals surface area contributed by atoms with Gasteiger partial charge in [-0.1, -0.05) is 6.92 Å². The highest BCUT2D eigenvalue weighted by Crippen LogP contribution is 2.24. The van der Waals surface area contributed by atoms with Gasteiger partial charge in [-0.3, -0.25) is 0 Å². The summed E-state index contributed by atoms with van der Waals surface area (Å²) in [5.74, 6) is -2.29. The lowest BCUT2D eigenvalue weighted by atomic mass is 9.87. The van der Waals surface area contributed by atoms with Crippen molar-refractivity contribution in [3.05, 3.63) is 29.3 Å². The molecule has 126 valence electrons. The number of halogens is 2. The van der Waals surface area contributed by atoms with Crippen molar-refractivity contribution in [3.63, 3.8) is 0 Å². The third-order valence-electron chi connectivity index (χ3n) is 4.06. The second-order valence-electron chi connectivity index (χ2n) is 5.86. The van der Waals surface area contributed by atoms with Crippen LogP contribution < -0.4 is 10.6 Å². The van der Waals surface area contributed by atoms with Crippen LogP contribution in [-0.4, -0.2) is 25.2 Å². The summed E-state index contributed by atoms with van der Waals surface area (Å²) < 4.78 is 31.7. The highest BCUT2D eigenvalue weighted by Gasteiger charge is 2.21. The molecule has 0 unspecified atom stereocenters. The molecule has 1 aliphatic rings. The van der Waals surface area contributed by atoms with E-state index in [1.165, 1.54) is 0 Å². The van der Waals surface area contributed by atoms with Crippen molar-refractivity contribution in [3.8, 4) is 0 Å². The first-order valence-electron chi connectivity index (χ1n) is 7.55. The Bertz CT molecular complexity index is 599. The van der Waals surface area contributed by atoms with Crippen LogP contribution in [0.15, 0.2) is 12.1 Å². The summed E-state index contributed by atoms with van der Waals surface area (Å²) in [6, 6.07) is 0.934. The topological polar surface area (TPSA) is 67.4 Å². The first-order chi connectivity index (χ1) is 10.9. The van der Waals surface area contributed by atoms with Crippen LogP contribution in [-0.2, 0) is 4.74 Å². The minimum atomic E-state index is -1.04. The molecule has 5 nitrogen and oxygen atoms in total. The lowest BCUT2D eigenvalue weighted by Crippen LogP contribution is -2.40. The fraction of sp³-hybridized carbons (Fsp3) is 0.500.